The van der Waals surface area contributed by atoms with Crippen LogP contribution in [0, 0.1) is 23.2 Å². The molecule has 2 aromatic rings. The first kappa shape index (κ1) is 21.2. The third kappa shape index (κ3) is 4.67. The van der Waals surface area contributed by atoms with E-state index in [0.717, 1.165) is 19.3 Å². The predicted octanol–water partition coefficient (Wildman–Crippen LogP) is 3.53. The lowest BCUT2D eigenvalue weighted by atomic mass is 9.78. The Morgan fingerprint density at radius 1 is 1.19 bits per heavy atom. The highest BCUT2D eigenvalue weighted by Gasteiger charge is 2.37. The van der Waals surface area contributed by atoms with Crippen LogP contribution in [0.15, 0.2) is 30.5 Å². The highest BCUT2D eigenvalue weighted by molar-refractivity contribution is 6.30. The third-order valence-corrected chi connectivity index (χ3v) is 6.50. The molecule has 0 saturated heterocycles. The lowest BCUT2D eigenvalue weighted by Crippen LogP contribution is -2.44. The summed E-state index contributed by atoms with van der Waals surface area (Å²) < 4.78 is 1.65. The summed E-state index contributed by atoms with van der Waals surface area (Å²) in [5, 5.41) is 21.1. The van der Waals surface area contributed by atoms with E-state index in [9.17, 15) is 14.9 Å². The smallest absolute Gasteiger partial charge is 0.254 e. The number of rotatable bonds is 6. The second-order valence-corrected chi connectivity index (χ2v) is 8.75. The van der Waals surface area contributed by atoms with Crippen LogP contribution in [0.4, 0.5) is 11.5 Å². The van der Waals surface area contributed by atoms with Crippen LogP contribution < -0.4 is 16.4 Å². The minimum Gasteiger partial charge on any atom is -0.365 e. The molecule has 2 aliphatic rings. The van der Waals surface area contributed by atoms with Crippen molar-refractivity contribution in [3.63, 3.8) is 0 Å². The maximum absolute atomic E-state index is 12.6. The summed E-state index contributed by atoms with van der Waals surface area (Å²) in [5.74, 6) is -0.776. The number of nitrogens with zero attached hydrogens (tertiary/aromatic N) is 3. The second kappa shape index (κ2) is 8.98. The number of amides is 2. The molecule has 2 amide bonds. The van der Waals surface area contributed by atoms with E-state index in [1.54, 1.807) is 35.1 Å². The molecule has 0 spiro atoms. The minimum absolute atomic E-state index is 0.0479. The number of nitrogens with one attached hydrogen (secondary N) is 2. The largest absolute Gasteiger partial charge is 0.365 e. The number of aromatic nitrogens is 2. The fourth-order valence-electron chi connectivity index (χ4n) is 4.22. The van der Waals surface area contributed by atoms with Gasteiger partial charge in [-0.05, 0) is 62.8 Å². The summed E-state index contributed by atoms with van der Waals surface area (Å²) in [6.07, 6.45) is 6.60. The van der Waals surface area contributed by atoms with Crippen molar-refractivity contribution < 1.29 is 9.59 Å². The number of hydrogen-bond donors (Lipinski definition) is 3. The lowest BCUT2D eigenvalue weighted by molar-refractivity contribution is -0.127. The predicted molar refractivity (Wildman–Crippen MR) is 117 cm³/mol. The minimum atomic E-state index is -0.607. The Morgan fingerprint density at radius 2 is 1.94 bits per heavy atom. The van der Waals surface area contributed by atoms with Crippen LogP contribution in [-0.2, 0) is 4.79 Å². The number of anilines is 2. The van der Waals surface area contributed by atoms with Gasteiger partial charge >= 0.3 is 0 Å². The molecular weight excluding hydrogens is 416 g/mol. The number of hydrogen-bond acceptors (Lipinski definition) is 5. The van der Waals surface area contributed by atoms with Gasteiger partial charge in [0.2, 0.25) is 5.91 Å². The van der Waals surface area contributed by atoms with E-state index in [1.807, 2.05) is 0 Å². The van der Waals surface area contributed by atoms with Crippen molar-refractivity contribution in [2.24, 2.45) is 17.6 Å². The number of primary amides is 1. The van der Waals surface area contributed by atoms with Gasteiger partial charge in [-0.3, -0.25) is 14.3 Å². The first-order chi connectivity index (χ1) is 14.9. The number of nitrogens with two attached hydrogens (primary N) is 1. The monoisotopic (exact) mass is 440 g/mol. The molecule has 1 aromatic carbocycles. The van der Waals surface area contributed by atoms with Crippen LogP contribution >= 0.6 is 11.6 Å². The second-order valence-electron chi connectivity index (χ2n) is 8.32. The summed E-state index contributed by atoms with van der Waals surface area (Å²) in [4.78, 5) is 24.5. The Balaban J connectivity index is 1.50. The topological polar surface area (TPSA) is 126 Å². The molecule has 0 radical (unpaired) electrons. The van der Waals surface area contributed by atoms with Crippen LogP contribution in [0.25, 0.3) is 0 Å². The summed E-state index contributed by atoms with van der Waals surface area (Å²) >= 11 is 5.93. The summed E-state index contributed by atoms with van der Waals surface area (Å²) in [7, 11) is 0. The normalized spacial score (nSPS) is 23.4. The molecule has 2 saturated carbocycles. The van der Waals surface area contributed by atoms with Crippen molar-refractivity contribution in [2.75, 3.05) is 5.32 Å². The summed E-state index contributed by atoms with van der Waals surface area (Å²) in [6, 6.07) is 9.41. The molecule has 9 heteroatoms. The van der Waals surface area contributed by atoms with Crippen LogP contribution in [0.5, 0.6) is 0 Å². The Hall–Kier alpha value is -3.05. The molecule has 0 aliphatic heterocycles. The van der Waals surface area contributed by atoms with Gasteiger partial charge < -0.3 is 16.4 Å². The van der Waals surface area contributed by atoms with Crippen LogP contribution in [0.2, 0.25) is 5.02 Å². The number of carbonyl (C=O) groups excluding carboxylic acids is 2. The van der Waals surface area contributed by atoms with Gasteiger partial charge in [0.15, 0.2) is 5.82 Å². The van der Waals surface area contributed by atoms with E-state index in [-0.39, 0.29) is 35.4 Å². The van der Waals surface area contributed by atoms with Crippen molar-refractivity contribution in [3.8, 4) is 6.07 Å². The van der Waals surface area contributed by atoms with Crippen LogP contribution in [0.1, 0.15) is 54.9 Å². The molecule has 2 fully saturated rings. The molecule has 1 unspecified atom stereocenters. The molecule has 4 N–H and O–H groups in total. The zero-order valence-corrected chi connectivity index (χ0v) is 17.8. The Labute approximate surface area is 185 Å². The van der Waals surface area contributed by atoms with Crippen molar-refractivity contribution in [1.29, 1.82) is 5.26 Å². The zero-order chi connectivity index (χ0) is 22.0. The van der Waals surface area contributed by atoms with E-state index in [1.165, 1.54) is 0 Å². The Bertz CT molecular complexity index is 1010. The molecule has 3 atom stereocenters. The van der Waals surface area contributed by atoms with Crippen molar-refractivity contribution in [1.82, 2.24) is 15.1 Å². The van der Waals surface area contributed by atoms with E-state index in [2.05, 4.69) is 21.8 Å². The SMILES string of the molecule is N#CC1C[C@H](C(=O)NC2CCC2)CC[C@H]1n1cc(C(N)=O)c(Nc2ccc(Cl)cc2)n1. The van der Waals surface area contributed by atoms with E-state index < -0.39 is 5.91 Å². The third-order valence-electron chi connectivity index (χ3n) is 6.25. The molecule has 1 heterocycles. The molecule has 2 aliphatic carbocycles. The quantitative estimate of drug-likeness (QED) is 0.633. The van der Waals surface area contributed by atoms with Gasteiger partial charge in [-0.2, -0.15) is 10.4 Å². The Kier molecular flexibility index (Phi) is 6.14. The van der Waals surface area contributed by atoms with Gasteiger partial charge in [-0.25, -0.2) is 0 Å². The Morgan fingerprint density at radius 3 is 2.55 bits per heavy atom. The fraction of sp³-hybridized carbons (Fsp3) is 0.455. The molecule has 0 bridgehead atoms. The molecule has 31 heavy (non-hydrogen) atoms. The first-order valence-electron chi connectivity index (χ1n) is 10.6. The summed E-state index contributed by atoms with van der Waals surface area (Å²) in [5.41, 5.74) is 6.52. The average Bonchev–Trinajstić information content (AvgIpc) is 3.15. The number of benzene rings is 1. The van der Waals surface area contributed by atoms with Gasteiger partial charge in [0.25, 0.3) is 5.91 Å². The molecule has 4 rings (SSSR count). The lowest BCUT2D eigenvalue weighted by Gasteiger charge is -2.34. The van der Waals surface area contributed by atoms with E-state index >= 15 is 0 Å². The maximum atomic E-state index is 12.6. The molecule has 1 aromatic heterocycles. The van der Waals surface area contributed by atoms with E-state index in [4.69, 9.17) is 17.3 Å². The number of halogens is 1. The van der Waals surface area contributed by atoms with Crippen molar-refractivity contribution in [2.45, 2.75) is 50.6 Å². The van der Waals surface area contributed by atoms with Gasteiger partial charge in [0.1, 0.15) is 5.56 Å². The van der Waals surface area contributed by atoms with Crippen molar-refractivity contribution in [3.05, 3.63) is 41.0 Å². The molecule has 8 nitrogen and oxygen atoms in total. The van der Waals surface area contributed by atoms with Crippen molar-refractivity contribution >= 4 is 34.9 Å². The maximum Gasteiger partial charge on any atom is 0.254 e. The average molecular weight is 441 g/mol. The van der Waals surface area contributed by atoms with Crippen LogP contribution in [0.3, 0.4) is 0 Å². The first-order valence-corrected chi connectivity index (χ1v) is 10.9. The van der Waals surface area contributed by atoms with E-state index in [0.29, 0.717) is 35.8 Å². The van der Waals surface area contributed by atoms with Gasteiger partial charge in [-0.1, -0.05) is 11.6 Å². The fourth-order valence-corrected chi connectivity index (χ4v) is 4.35. The highest BCUT2D eigenvalue weighted by Crippen LogP contribution is 2.38. The van der Waals surface area contributed by atoms with Gasteiger partial charge in [0.05, 0.1) is 18.0 Å². The molecular formula is C22H25ClN6O2. The summed E-state index contributed by atoms with van der Waals surface area (Å²) in [6.45, 7) is 0. The van der Waals surface area contributed by atoms with Gasteiger partial charge in [-0.15, -0.1) is 0 Å². The highest BCUT2D eigenvalue weighted by atomic mass is 35.5. The molecule has 162 valence electrons. The number of nitriles is 1. The standard InChI is InChI=1S/C22H25ClN6O2/c23-15-5-7-17(8-6-15)26-21-18(20(25)30)12-29(28-21)19-9-4-13(10-14(19)11-24)22(31)27-16-2-1-3-16/h5-8,12-14,16,19H,1-4,9-10H2,(H2,25,30)(H,26,28)(H,27,31)/t13-,14?,19-/m1/s1. The number of carbonyl (C=O) groups is 2. The van der Waals surface area contributed by atoms with Crippen LogP contribution in [-0.4, -0.2) is 27.6 Å². The van der Waals surface area contributed by atoms with Gasteiger partial charge in [0, 0.05) is 28.9 Å². The zero-order valence-electron chi connectivity index (χ0n) is 17.1.